The minimum atomic E-state index is -0.389. The molecule has 0 radical (unpaired) electrons. The molecule has 0 aromatic rings. The molecule has 0 aromatic carbocycles. The lowest BCUT2D eigenvalue weighted by Crippen LogP contribution is -1.74. The number of hydrogen-bond donors (Lipinski definition) is 0. The summed E-state index contributed by atoms with van der Waals surface area (Å²) < 4.78 is 0. The molecule has 0 saturated heterocycles. The first-order valence-corrected chi connectivity index (χ1v) is 5.37. The Kier molecular flexibility index (Phi) is 4.08. The van der Waals surface area contributed by atoms with Gasteiger partial charge in [0.1, 0.15) is 0 Å². The van der Waals surface area contributed by atoms with Crippen molar-refractivity contribution in [3.05, 3.63) is 0 Å². The first kappa shape index (κ1) is 9.63. The van der Waals surface area contributed by atoms with Crippen molar-refractivity contribution in [2.75, 3.05) is 26.7 Å². The molecule has 0 saturated carbocycles. The Morgan fingerprint density at radius 3 is 0.833 bits per heavy atom. The first-order valence-electron chi connectivity index (χ1n) is 1.79. The maximum Gasteiger partial charge on any atom is 0.0481 e. The van der Waals surface area contributed by atoms with Gasteiger partial charge in [-0.05, 0) is 0 Å². The zero-order valence-electron chi connectivity index (χ0n) is 4.95. The molecular weight excluding hydrogens is 95.0 g/mol. The molecule has 0 aliphatic heterocycles. The molecular formula is C4H14OP+. The van der Waals surface area contributed by atoms with E-state index in [-0.39, 0.29) is 12.7 Å². The number of rotatable bonds is 0. The molecule has 2 N–H and O–H groups in total. The molecule has 6 heavy (non-hydrogen) atoms. The van der Waals surface area contributed by atoms with Crippen LogP contribution in [0.1, 0.15) is 0 Å². The van der Waals surface area contributed by atoms with E-state index in [0.717, 1.165) is 0 Å². The molecule has 0 unspecified atom stereocenters. The molecule has 0 atom stereocenters. The van der Waals surface area contributed by atoms with Crippen LogP contribution in [0.25, 0.3) is 0 Å². The van der Waals surface area contributed by atoms with Gasteiger partial charge in [-0.15, -0.1) is 0 Å². The molecule has 0 fully saturated rings. The molecule has 0 rings (SSSR count). The molecule has 0 heterocycles. The molecule has 40 valence electrons. The molecule has 0 bridgehead atoms. The van der Waals surface area contributed by atoms with E-state index < -0.39 is 0 Å². The SMILES string of the molecule is C[P+](C)(C)C.O. The molecule has 2 heteroatoms. The largest absolute Gasteiger partial charge is 0.412 e. The Hall–Kier alpha value is 0.390. The molecule has 0 aliphatic carbocycles. The van der Waals surface area contributed by atoms with Crippen LogP contribution in [0.5, 0.6) is 0 Å². The van der Waals surface area contributed by atoms with Crippen LogP contribution in [0.2, 0.25) is 0 Å². The van der Waals surface area contributed by atoms with Crippen LogP contribution >= 0.6 is 7.26 Å². The van der Waals surface area contributed by atoms with Gasteiger partial charge in [-0.2, -0.15) is 0 Å². The maximum absolute atomic E-state index is 2.30. The van der Waals surface area contributed by atoms with Gasteiger partial charge < -0.3 is 5.48 Å². The lowest BCUT2D eigenvalue weighted by atomic mass is 11.8. The van der Waals surface area contributed by atoms with Crippen LogP contribution < -0.4 is 0 Å². The Morgan fingerprint density at radius 2 is 0.833 bits per heavy atom. The summed E-state index contributed by atoms with van der Waals surface area (Å²) in [6.07, 6.45) is 0. The zero-order valence-corrected chi connectivity index (χ0v) is 5.84. The van der Waals surface area contributed by atoms with E-state index in [1.54, 1.807) is 0 Å². The highest BCUT2D eigenvalue weighted by Gasteiger charge is 2.03. The Morgan fingerprint density at radius 1 is 0.833 bits per heavy atom. The van der Waals surface area contributed by atoms with Crippen molar-refractivity contribution in [1.29, 1.82) is 0 Å². The van der Waals surface area contributed by atoms with Crippen molar-refractivity contribution in [3.63, 3.8) is 0 Å². The standard InChI is InChI=1S/C4H12P.H2O/c1-5(2,3)4;/h1-4H3;1H2/q+1;. The predicted molar refractivity (Wildman–Crippen MR) is 34.2 cm³/mol. The predicted octanol–water partition coefficient (Wildman–Crippen LogP) is 0.698. The second kappa shape index (κ2) is 2.54. The fourth-order valence-electron chi connectivity index (χ4n) is 0. The first-order chi connectivity index (χ1) is 2.00. The average Bonchev–Trinajstić information content (AvgIpc) is 0.722. The average molecular weight is 109 g/mol. The van der Waals surface area contributed by atoms with Crippen LogP contribution in [-0.4, -0.2) is 32.1 Å². The summed E-state index contributed by atoms with van der Waals surface area (Å²) in [5, 5.41) is 0. The summed E-state index contributed by atoms with van der Waals surface area (Å²) in [5.74, 6) is 0. The smallest absolute Gasteiger partial charge is 0.0481 e. The minimum Gasteiger partial charge on any atom is -0.412 e. The van der Waals surface area contributed by atoms with Gasteiger partial charge in [0.15, 0.2) is 0 Å². The number of hydrogen-bond acceptors (Lipinski definition) is 0. The third-order valence-electron chi connectivity index (χ3n) is 0. The van der Waals surface area contributed by atoms with Gasteiger partial charge in [-0.3, -0.25) is 0 Å². The Labute approximate surface area is 40.4 Å². The van der Waals surface area contributed by atoms with Gasteiger partial charge >= 0.3 is 0 Å². The van der Waals surface area contributed by atoms with E-state index in [1.807, 2.05) is 0 Å². The van der Waals surface area contributed by atoms with Crippen LogP contribution in [0.3, 0.4) is 0 Å². The molecule has 0 amide bonds. The highest BCUT2D eigenvalue weighted by Crippen LogP contribution is 2.40. The summed E-state index contributed by atoms with van der Waals surface area (Å²) in [6.45, 7) is 9.19. The van der Waals surface area contributed by atoms with E-state index >= 15 is 0 Å². The van der Waals surface area contributed by atoms with E-state index in [0.29, 0.717) is 0 Å². The van der Waals surface area contributed by atoms with Crippen molar-refractivity contribution in [1.82, 2.24) is 0 Å². The van der Waals surface area contributed by atoms with Gasteiger partial charge in [0, 0.05) is 33.9 Å². The van der Waals surface area contributed by atoms with Gasteiger partial charge in [-0.1, -0.05) is 0 Å². The third kappa shape index (κ3) is 332. The van der Waals surface area contributed by atoms with E-state index in [9.17, 15) is 0 Å². The normalized spacial score (nSPS) is 10.0. The molecule has 0 aromatic heterocycles. The van der Waals surface area contributed by atoms with Crippen molar-refractivity contribution >= 4 is 7.26 Å². The van der Waals surface area contributed by atoms with Gasteiger partial charge in [0.2, 0.25) is 0 Å². The van der Waals surface area contributed by atoms with E-state index in [1.165, 1.54) is 0 Å². The van der Waals surface area contributed by atoms with Crippen molar-refractivity contribution in [2.45, 2.75) is 0 Å². The van der Waals surface area contributed by atoms with Gasteiger partial charge in [-0.25, -0.2) is 0 Å². The third-order valence-corrected chi connectivity index (χ3v) is 0. The van der Waals surface area contributed by atoms with Crippen LogP contribution in [0, 0.1) is 0 Å². The molecule has 0 spiro atoms. The molecule has 0 aliphatic rings. The van der Waals surface area contributed by atoms with Crippen molar-refractivity contribution in [3.8, 4) is 0 Å². The van der Waals surface area contributed by atoms with Crippen molar-refractivity contribution < 1.29 is 5.48 Å². The summed E-state index contributed by atoms with van der Waals surface area (Å²) in [4.78, 5) is 0. The lowest BCUT2D eigenvalue weighted by Gasteiger charge is -1.97. The quantitative estimate of drug-likeness (QED) is 0.410. The Balaban J connectivity index is 0. The van der Waals surface area contributed by atoms with Crippen LogP contribution in [0.15, 0.2) is 0 Å². The minimum absolute atomic E-state index is 0. The second-order valence-corrected chi connectivity index (χ2v) is 8.05. The lowest BCUT2D eigenvalue weighted by molar-refractivity contribution is 0.824. The summed E-state index contributed by atoms with van der Waals surface area (Å²) in [5.41, 5.74) is 0. The van der Waals surface area contributed by atoms with Gasteiger partial charge in [0.05, 0.1) is 0 Å². The van der Waals surface area contributed by atoms with E-state index in [4.69, 9.17) is 0 Å². The zero-order chi connectivity index (χ0) is 4.50. The monoisotopic (exact) mass is 109 g/mol. The van der Waals surface area contributed by atoms with Crippen molar-refractivity contribution in [2.24, 2.45) is 0 Å². The fourth-order valence-corrected chi connectivity index (χ4v) is 0. The summed E-state index contributed by atoms with van der Waals surface area (Å²) in [6, 6.07) is 0. The topological polar surface area (TPSA) is 31.5 Å². The van der Waals surface area contributed by atoms with Crippen LogP contribution in [0.4, 0.5) is 0 Å². The Bertz CT molecular complexity index is 23.0. The second-order valence-electron chi connectivity index (χ2n) is 2.68. The molecule has 1 nitrogen and oxygen atoms in total. The highest BCUT2D eigenvalue weighted by atomic mass is 31.2. The summed E-state index contributed by atoms with van der Waals surface area (Å²) >= 11 is 0. The van der Waals surface area contributed by atoms with Gasteiger partial charge in [0.25, 0.3) is 0 Å². The summed E-state index contributed by atoms with van der Waals surface area (Å²) in [7, 11) is -0.389. The highest BCUT2D eigenvalue weighted by molar-refractivity contribution is 7.72. The maximum atomic E-state index is 2.30. The fraction of sp³-hybridized carbons (Fsp3) is 1.00. The van der Waals surface area contributed by atoms with E-state index in [2.05, 4.69) is 26.7 Å². The van der Waals surface area contributed by atoms with Crippen LogP contribution in [-0.2, 0) is 0 Å².